The van der Waals surface area contributed by atoms with E-state index in [4.69, 9.17) is 0 Å². The van der Waals surface area contributed by atoms with Gasteiger partial charge in [-0.3, -0.25) is 4.99 Å². The summed E-state index contributed by atoms with van der Waals surface area (Å²) in [6.45, 7) is 6.57. The van der Waals surface area contributed by atoms with Crippen LogP contribution in [-0.4, -0.2) is 22.9 Å². The van der Waals surface area contributed by atoms with E-state index in [2.05, 4.69) is 38.3 Å². The molecule has 1 atom stereocenters. The number of rotatable bonds is 2. The molecule has 0 aromatic rings. The lowest BCUT2D eigenvalue weighted by Gasteiger charge is -2.11. The van der Waals surface area contributed by atoms with Crippen LogP contribution in [0.4, 0.5) is 0 Å². The molecule has 0 aromatic heterocycles. The third-order valence-electron chi connectivity index (χ3n) is 1.62. The second-order valence-corrected chi connectivity index (χ2v) is 4.64. The standard InChI is InChI=1S/C8H17NS2/c1-6(2)7(3)9-8(10-4)11-5/h6-7H,1-5H3. The summed E-state index contributed by atoms with van der Waals surface area (Å²) in [4.78, 5) is 4.56. The lowest BCUT2D eigenvalue weighted by atomic mass is 10.1. The minimum atomic E-state index is 0.449. The summed E-state index contributed by atoms with van der Waals surface area (Å²) in [6, 6.07) is 0.449. The lowest BCUT2D eigenvalue weighted by Crippen LogP contribution is -2.08. The van der Waals surface area contributed by atoms with Gasteiger partial charge in [-0.15, -0.1) is 23.5 Å². The van der Waals surface area contributed by atoms with Gasteiger partial charge in [0.1, 0.15) is 4.38 Å². The first kappa shape index (κ1) is 11.4. The molecule has 0 spiro atoms. The SMILES string of the molecule is CSC(=NC(C)C(C)C)SC. The molecule has 0 saturated carbocycles. The second kappa shape index (κ2) is 5.95. The molecule has 0 aromatic carbocycles. The van der Waals surface area contributed by atoms with E-state index in [9.17, 15) is 0 Å². The van der Waals surface area contributed by atoms with Crippen molar-refractivity contribution in [3.63, 3.8) is 0 Å². The molecule has 0 N–H and O–H groups in total. The molecule has 11 heavy (non-hydrogen) atoms. The third-order valence-corrected chi connectivity index (χ3v) is 3.53. The molecule has 1 unspecified atom stereocenters. The number of hydrogen-bond donors (Lipinski definition) is 0. The summed E-state index contributed by atoms with van der Waals surface area (Å²) in [6.07, 6.45) is 4.14. The molecule has 0 aliphatic carbocycles. The first-order valence-corrected chi connectivity index (χ1v) is 6.22. The third kappa shape index (κ3) is 4.75. The Hall–Kier alpha value is 0.370. The van der Waals surface area contributed by atoms with E-state index in [-0.39, 0.29) is 0 Å². The van der Waals surface area contributed by atoms with E-state index >= 15 is 0 Å². The van der Waals surface area contributed by atoms with E-state index in [1.165, 1.54) is 4.38 Å². The Morgan fingerprint density at radius 2 is 1.55 bits per heavy atom. The lowest BCUT2D eigenvalue weighted by molar-refractivity contribution is 0.533. The van der Waals surface area contributed by atoms with Crippen LogP contribution in [0.2, 0.25) is 0 Å². The van der Waals surface area contributed by atoms with Crippen LogP contribution in [0.1, 0.15) is 20.8 Å². The van der Waals surface area contributed by atoms with E-state index in [0.717, 1.165) is 0 Å². The van der Waals surface area contributed by atoms with E-state index in [1.807, 2.05) is 0 Å². The maximum absolute atomic E-state index is 4.56. The maximum atomic E-state index is 4.56. The van der Waals surface area contributed by atoms with Crippen molar-refractivity contribution in [2.75, 3.05) is 12.5 Å². The van der Waals surface area contributed by atoms with Gasteiger partial charge in [-0.25, -0.2) is 0 Å². The van der Waals surface area contributed by atoms with Crippen LogP contribution in [0.25, 0.3) is 0 Å². The average Bonchev–Trinajstić information content (AvgIpc) is 1.99. The van der Waals surface area contributed by atoms with Crippen LogP contribution in [0.15, 0.2) is 4.99 Å². The molecule has 0 aliphatic rings. The fourth-order valence-corrected chi connectivity index (χ4v) is 1.71. The van der Waals surface area contributed by atoms with Gasteiger partial charge in [0.05, 0.1) is 6.04 Å². The highest BCUT2D eigenvalue weighted by Crippen LogP contribution is 2.15. The van der Waals surface area contributed by atoms with Crippen LogP contribution < -0.4 is 0 Å². The van der Waals surface area contributed by atoms with Crippen LogP contribution in [0, 0.1) is 5.92 Å². The Morgan fingerprint density at radius 3 is 1.82 bits per heavy atom. The molecule has 0 rings (SSSR count). The average molecular weight is 191 g/mol. The molecule has 0 radical (unpaired) electrons. The topological polar surface area (TPSA) is 12.4 Å². The van der Waals surface area contributed by atoms with Gasteiger partial charge >= 0.3 is 0 Å². The second-order valence-electron chi connectivity index (χ2n) is 2.79. The fourth-order valence-electron chi connectivity index (χ4n) is 0.504. The summed E-state index contributed by atoms with van der Waals surface area (Å²) in [5.41, 5.74) is 0. The molecular formula is C8H17NS2. The van der Waals surface area contributed by atoms with Gasteiger partial charge in [0.25, 0.3) is 0 Å². The molecule has 0 bridgehead atoms. The van der Waals surface area contributed by atoms with E-state index < -0.39 is 0 Å². The van der Waals surface area contributed by atoms with Gasteiger partial charge in [-0.2, -0.15) is 0 Å². The normalized spacial score (nSPS) is 13.3. The van der Waals surface area contributed by atoms with Gasteiger partial charge in [-0.05, 0) is 25.4 Å². The largest absolute Gasteiger partial charge is 0.268 e. The van der Waals surface area contributed by atoms with Crippen molar-refractivity contribution in [3.8, 4) is 0 Å². The Bertz CT molecular complexity index is 126. The number of thioether (sulfide) groups is 2. The van der Waals surface area contributed by atoms with Gasteiger partial charge in [-0.1, -0.05) is 13.8 Å². The molecule has 1 nitrogen and oxygen atoms in total. The minimum absolute atomic E-state index is 0.449. The van der Waals surface area contributed by atoms with Crippen molar-refractivity contribution in [3.05, 3.63) is 0 Å². The minimum Gasteiger partial charge on any atom is -0.268 e. The summed E-state index contributed by atoms with van der Waals surface area (Å²) < 4.78 is 1.19. The van der Waals surface area contributed by atoms with Crippen molar-refractivity contribution in [1.29, 1.82) is 0 Å². The Kier molecular flexibility index (Phi) is 6.15. The summed E-state index contributed by atoms with van der Waals surface area (Å²) in [5.74, 6) is 0.643. The van der Waals surface area contributed by atoms with Crippen LogP contribution in [0.5, 0.6) is 0 Å². The van der Waals surface area contributed by atoms with Crippen molar-refractivity contribution in [2.45, 2.75) is 26.8 Å². The zero-order chi connectivity index (χ0) is 8.85. The molecule has 0 amide bonds. The zero-order valence-corrected chi connectivity index (χ0v) is 9.55. The number of aliphatic imine (C=N–C) groups is 1. The number of hydrogen-bond acceptors (Lipinski definition) is 3. The molecule has 0 saturated heterocycles. The van der Waals surface area contributed by atoms with E-state index in [0.29, 0.717) is 12.0 Å². The number of nitrogens with zero attached hydrogens (tertiary/aromatic N) is 1. The first-order chi connectivity index (χ1) is 5.11. The van der Waals surface area contributed by atoms with Gasteiger partial charge in [0.15, 0.2) is 0 Å². The van der Waals surface area contributed by atoms with Gasteiger partial charge in [0, 0.05) is 0 Å². The Morgan fingerprint density at radius 1 is 1.09 bits per heavy atom. The molecule has 0 fully saturated rings. The quantitative estimate of drug-likeness (QED) is 0.491. The van der Waals surface area contributed by atoms with Crippen molar-refractivity contribution in [1.82, 2.24) is 0 Å². The van der Waals surface area contributed by atoms with E-state index in [1.54, 1.807) is 23.5 Å². The molecule has 0 aliphatic heterocycles. The highest BCUT2D eigenvalue weighted by molar-refractivity contribution is 8.38. The predicted molar refractivity (Wildman–Crippen MR) is 58.8 cm³/mol. The van der Waals surface area contributed by atoms with Crippen molar-refractivity contribution < 1.29 is 0 Å². The molecule has 66 valence electrons. The molecule has 3 heteroatoms. The molecular weight excluding hydrogens is 174 g/mol. The highest BCUT2D eigenvalue weighted by atomic mass is 32.2. The molecule has 0 heterocycles. The van der Waals surface area contributed by atoms with Gasteiger partial charge in [0.2, 0.25) is 0 Å². The van der Waals surface area contributed by atoms with Crippen LogP contribution in [-0.2, 0) is 0 Å². The highest BCUT2D eigenvalue weighted by Gasteiger charge is 2.05. The van der Waals surface area contributed by atoms with Crippen LogP contribution >= 0.6 is 23.5 Å². The Labute approximate surface area is 78.4 Å². The first-order valence-electron chi connectivity index (χ1n) is 3.77. The summed E-state index contributed by atoms with van der Waals surface area (Å²) in [5, 5.41) is 0. The monoisotopic (exact) mass is 191 g/mol. The zero-order valence-electron chi connectivity index (χ0n) is 7.92. The van der Waals surface area contributed by atoms with Crippen molar-refractivity contribution >= 4 is 27.9 Å². The predicted octanol–water partition coefficient (Wildman–Crippen LogP) is 3.11. The summed E-state index contributed by atoms with van der Waals surface area (Å²) >= 11 is 3.46. The van der Waals surface area contributed by atoms with Crippen molar-refractivity contribution in [2.24, 2.45) is 10.9 Å². The Balaban J connectivity index is 4.03. The van der Waals surface area contributed by atoms with Crippen LogP contribution in [0.3, 0.4) is 0 Å². The maximum Gasteiger partial charge on any atom is 0.124 e. The fraction of sp³-hybridized carbons (Fsp3) is 0.875. The summed E-state index contributed by atoms with van der Waals surface area (Å²) in [7, 11) is 0. The van der Waals surface area contributed by atoms with Gasteiger partial charge < -0.3 is 0 Å². The smallest absolute Gasteiger partial charge is 0.124 e.